The summed E-state index contributed by atoms with van der Waals surface area (Å²) in [5, 5.41) is 22.0. The molecular weight excluding hydrogens is 1330 g/mol. The maximum atomic E-state index is 11.2. The third-order valence-electron chi connectivity index (χ3n) is 19.1. The summed E-state index contributed by atoms with van der Waals surface area (Å²) in [7, 11) is 31.2. The first-order valence-corrected chi connectivity index (χ1v) is 32.7. The van der Waals surface area contributed by atoms with E-state index in [1.165, 1.54) is 149 Å². The number of rotatable bonds is 40. The van der Waals surface area contributed by atoms with Crippen molar-refractivity contribution in [2.45, 2.75) is 215 Å². The minimum atomic E-state index is -1.35. The second-order valence-electron chi connectivity index (χ2n) is 24.4. The molecule has 7 aliphatic rings. The third-order valence-corrected chi connectivity index (χ3v) is 19.1. The highest BCUT2D eigenvalue weighted by atomic mass is 16.8. The van der Waals surface area contributed by atoms with Crippen molar-refractivity contribution < 1.29 is 171 Å². The van der Waals surface area contributed by atoms with Gasteiger partial charge in [-0.25, -0.2) is 0 Å². The number of hydrogen-bond acceptors (Lipinski definition) is 36. The maximum absolute atomic E-state index is 11.2. The molecule has 0 saturated carbocycles. The van der Waals surface area contributed by atoms with E-state index < -0.39 is 215 Å². The van der Waals surface area contributed by atoms with E-state index in [1.807, 2.05) is 0 Å². The maximum Gasteiger partial charge on any atom is 0.187 e. The van der Waals surface area contributed by atoms with Crippen molar-refractivity contribution in [3.8, 4) is 0 Å². The van der Waals surface area contributed by atoms with E-state index in [9.17, 15) is 10.2 Å². The van der Waals surface area contributed by atoms with Crippen LogP contribution < -0.4 is 0 Å². The summed E-state index contributed by atoms with van der Waals surface area (Å²) in [5.41, 5.74) is 0. The number of aliphatic hydroxyl groups excluding tert-OH is 2. The molecule has 0 aromatic heterocycles. The van der Waals surface area contributed by atoms with E-state index in [4.69, 9.17) is 161 Å². The Balaban J connectivity index is 1.10. The van der Waals surface area contributed by atoms with Gasteiger partial charge in [0.05, 0.1) is 46.2 Å². The summed E-state index contributed by atoms with van der Waals surface area (Å²) >= 11 is 0. The van der Waals surface area contributed by atoms with Crippen molar-refractivity contribution in [2.75, 3.05) is 196 Å². The second-order valence-corrected chi connectivity index (χ2v) is 24.4. The lowest BCUT2D eigenvalue weighted by Gasteiger charge is -2.52. The fraction of sp³-hybridized carbons (Fsp3) is 1.00. The fourth-order valence-electron chi connectivity index (χ4n) is 14.5. The van der Waals surface area contributed by atoms with Crippen LogP contribution in [0.1, 0.15) is 0 Å². The van der Waals surface area contributed by atoms with Crippen molar-refractivity contribution in [3.63, 3.8) is 0 Å². The lowest BCUT2D eigenvalue weighted by Crippen LogP contribution is -2.69. The number of aliphatic hydroxyl groups is 2. The highest BCUT2D eigenvalue weighted by Gasteiger charge is 2.61. The molecule has 36 nitrogen and oxygen atoms in total. The van der Waals surface area contributed by atoms with Gasteiger partial charge in [0.1, 0.15) is 171 Å². The van der Waals surface area contributed by atoms with Gasteiger partial charge in [-0.05, 0) is 0 Å². The summed E-state index contributed by atoms with van der Waals surface area (Å²) in [5.74, 6) is 0. The predicted molar refractivity (Wildman–Crippen MR) is 332 cm³/mol. The van der Waals surface area contributed by atoms with Crippen LogP contribution in [0, 0.1) is 0 Å². The molecule has 7 fully saturated rings. The van der Waals surface area contributed by atoms with Crippen molar-refractivity contribution in [1.82, 2.24) is 0 Å². The van der Waals surface area contributed by atoms with Crippen LogP contribution in [-0.2, 0) is 161 Å². The normalized spacial score (nSPS) is 44.7. The Morgan fingerprint density at radius 1 is 0.182 bits per heavy atom. The molecule has 7 rings (SSSR count). The van der Waals surface area contributed by atoms with Crippen LogP contribution in [0.5, 0.6) is 0 Å². The molecule has 2 N–H and O–H groups in total. The van der Waals surface area contributed by atoms with E-state index in [0.29, 0.717) is 0 Å². The van der Waals surface area contributed by atoms with Crippen molar-refractivity contribution in [1.29, 1.82) is 0 Å². The SMILES string of the molecule is COC[C@H]1O[C@H](O[C@H]2[C@H](OC)[C@@H](OC)[C@@H](O[C@H]3[C@H](OC)[C@@H](OC)[C@@H](O[C@H]4[C@H](OC)[C@@H](OC)[C@@H](O[C@H]5[C@H](OC)[C@@H](OC)[C@@H](O[C@H]6[C@H](OC)[C@@H](OC)[C@@H](O[C@H]7[C@H](OC)[C@@H](OC)[C@H](O)O[C@@H]7COC)O[C@@H]6COC)O[C@@H]5COC)O[C@@H]4COC)O[C@@H]3COC)O[C@@H]2COC)[C@H](OC)[C@@H](OC)[C@@H]1O. The number of hydrogen-bond donors (Lipinski definition) is 2. The third kappa shape index (κ3) is 19.3. The molecule has 0 aliphatic carbocycles. The molecule has 0 aromatic rings. The fourth-order valence-corrected chi connectivity index (χ4v) is 14.5. The summed E-state index contributed by atoms with van der Waals surface area (Å²) in [6.45, 7) is -0.125. The Morgan fingerprint density at radius 3 is 0.535 bits per heavy atom. The first kappa shape index (κ1) is 84.8. The summed E-state index contributed by atoms with van der Waals surface area (Å²) in [6, 6.07) is 0. The van der Waals surface area contributed by atoms with E-state index in [1.54, 1.807) is 0 Å². The molecule has 0 unspecified atom stereocenters. The zero-order chi connectivity index (χ0) is 72.2. The van der Waals surface area contributed by atoms with Crippen LogP contribution in [0.15, 0.2) is 0 Å². The number of ether oxygens (including phenoxy) is 34. The van der Waals surface area contributed by atoms with Gasteiger partial charge in [0.25, 0.3) is 0 Å². The molecule has 7 saturated heterocycles. The molecule has 36 heteroatoms. The minimum absolute atomic E-state index is 0.0108. The Hall–Kier alpha value is -1.44. The Kier molecular flexibility index (Phi) is 36.1. The largest absolute Gasteiger partial charge is 0.387 e. The first-order chi connectivity index (χ1) is 48.0. The topological polar surface area (TPSA) is 354 Å². The van der Waals surface area contributed by atoms with Crippen LogP contribution in [0.2, 0.25) is 0 Å². The molecule has 0 spiro atoms. The monoisotopic (exact) mass is 1450 g/mol. The molecule has 0 radical (unpaired) electrons. The first-order valence-electron chi connectivity index (χ1n) is 32.7. The van der Waals surface area contributed by atoms with Crippen LogP contribution in [-0.4, -0.2) is 421 Å². The van der Waals surface area contributed by atoms with Crippen molar-refractivity contribution >= 4 is 0 Å². The molecule has 7 aliphatic heterocycles. The molecule has 35 atom stereocenters. The van der Waals surface area contributed by atoms with E-state index in [2.05, 4.69) is 0 Å². The lowest BCUT2D eigenvalue weighted by molar-refractivity contribution is -0.404. The Bertz CT molecular complexity index is 2190. The van der Waals surface area contributed by atoms with Crippen molar-refractivity contribution in [3.05, 3.63) is 0 Å². The molecule has 0 bridgehead atoms. The van der Waals surface area contributed by atoms with Gasteiger partial charge in [-0.1, -0.05) is 0 Å². The molecule has 582 valence electrons. The highest BCUT2D eigenvalue weighted by Crippen LogP contribution is 2.42. The Labute approximate surface area is 580 Å². The molecule has 99 heavy (non-hydrogen) atoms. The van der Waals surface area contributed by atoms with Gasteiger partial charge >= 0.3 is 0 Å². The van der Waals surface area contributed by atoms with Gasteiger partial charge in [0.15, 0.2) is 44.0 Å². The van der Waals surface area contributed by atoms with Crippen LogP contribution in [0.4, 0.5) is 0 Å². The van der Waals surface area contributed by atoms with Gasteiger partial charge in [0, 0.05) is 149 Å². The van der Waals surface area contributed by atoms with Crippen LogP contribution in [0.25, 0.3) is 0 Å². The van der Waals surface area contributed by atoms with Crippen LogP contribution in [0.3, 0.4) is 0 Å². The summed E-state index contributed by atoms with van der Waals surface area (Å²) in [4.78, 5) is 0. The number of methoxy groups -OCH3 is 21. The molecular formula is C63H114O36. The second kappa shape index (κ2) is 42.2. The molecule has 0 aromatic carbocycles. The van der Waals surface area contributed by atoms with Crippen LogP contribution >= 0.6 is 0 Å². The quantitative estimate of drug-likeness (QED) is 0.0638. The average Bonchev–Trinajstić information content (AvgIpc) is 0.777. The minimum Gasteiger partial charge on any atom is -0.387 e. The predicted octanol–water partition coefficient (Wildman–Crippen LogP) is -2.54. The zero-order valence-corrected chi connectivity index (χ0v) is 60.9. The van der Waals surface area contributed by atoms with E-state index in [-0.39, 0.29) is 46.2 Å². The summed E-state index contributed by atoms with van der Waals surface area (Å²) in [6.07, 6.45) is -35.1. The molecule has 7 heterocycles. The van der Waals surface area contributed by atoms with Gasteiger partial charge in [-0.3, -0.25) is 0 Å². The smallest absolute Gasteiger partial charge is 0.187 e. The van der Waals surface area contributed by atoms with Gasteiger partial charge < -0.3 is 171 Å². The lowest BCUT2D eigenvalue weighted by atomic mass is 9.94. The zero-order valence-electron chi connectivity index (χ0n) is 60.9. The summed E-state index contributed by atoms with van der Waals surface area (Å²) < 4.78 is 212. The van der Waals surface area contributed by atoms with Gasteiger partial charge in [0.2, 0.25) is 0 Å². The van der Waals surface area contributed by atoms with Gasteiger partial charge in [-0.2, -0.15) is 0 Å². The van der Waals surface area contributed by atoms with Gasteiger partial charge in [-0.15, -0.1) is 0 Å². The van der Waals surface area contributed by atoms with E-state index >= 15 is 0 Å². The molecule has 0 amide bonds. The highest BCUT2D eigenvalue weighted by molar-refractivity contribution is 5.03. The standard InChI is InChI=1S/C63H114O36/c1-66-22-29-36(64)43(73-8)51(81-16)58(88-29)95-38-31(24-68-3)90-60(53(83-18)45(38)75-10)97-40-33(26-70-5)92-62(55(85-20)47(40)77-12)99-42-35(28-72-7)93-63(56(86-21)49(42)79-14)98-41-34(27-71-6)91-61(54(84-19)48(41)78-13)96-39-32(25-69-4)89-59(52(82-17)46(39)76-11)94-37-30(23-67-2)87-57(65)50(80-15)44(37)74-9/h29-65H,22-28H2,1-21H3/t29-,30-,31-,32-,33-,34-,35-,36-,37-,38-,39-,40-,41-,42-,43+,44+,45+,46+,47+,48+,49+,50-,51-,52-,53-,54-,55-,56-,57-,58-,59-,60-,61-,62-,63-/m1/s1. The van der Waals surface area contributed by atoms with E-state index in [0.717, 1.165) is 0 Å². The average molecular weight is 1450 g/mol. The Morgan fingerprint density at radius 2 is 0.343 bits per heavy atom. The van der Waals surface area contributed by atoms with Crippen molar-refractivity contribution in [2.24, 2.45) is 0 Å².